The van der Waals surface area contributed by atoms with Crippen molar-refractivity contribution in [2.45, 2.75) is 19.3 Å². The van der Waals surface area contributed by atoms with Gasteiger partial charge in [-0.1, -0.05) is 0 Å². The number of aldehydes is 1. The van der Waals surface area contributed by atoms with E-state index in [1.54, 1.807) is 18.3 Å². The van der Waals surface area contributed by atoms with Crippen LogP contribution in [-0.2, 0) is 10.2 Å². The van der Waals surface area contributed by atoms with Crippen LogP contribution in [0.4, 0.5) is 4.39 Å². The smallest absolute Gasteiger partial charge is 0.130 e. The van der Waals surface area contributed by atoms with Crippen LogP contribution in [0.5, 0.6) is 0 Å². The normalized spacial score (nSPS) is 11.5. The highest BCUT2D eigenvalue weighted by Crippen LogP contribution is 2.30. The number of nitrogens with zero attached hydrogens (tertiary/aromatic N) is 1. The molecule has 0 amide bonds. The predicted octanol–water partition coefficient (Wildman–Crippen LogP) is 2.69. The number of carbonyl (C=O) groups excluding carboxylic acids is 1. The molecule has 0 bridgehead atoms. The lowest BCUT2D eigenvalue weighted by molar-refractivity contribution is -0.111. The van der Waals surface area contributed by atoms with Crippen LogP contribution in [0.15, 0.2) is 30.5 Å². The summed E-state index contributed by atoms with van der Waals surface area (Å²) in [5.74, 6) is -0.288. The summed E-state index contributed by atoms with van der Waals surface area (Å²) in [6.07, 6.45) is 2.51. The molecule has 0 saturated carbocycles. The largest absolute Gasteiger partial charge is 0.302 e. The van der Waals surface area contributed by atoms with Crippen LogP contribution < -0.4 is 0 Å². The fraction of sp³-hybridized carbons (Fsp3) is 0.231. The van der Waals surface area contributed by atoms with Gasteiger partial charge in [-0.05, 0) is 38.1 Å². The Balaban J connectivity index is 2.51. The van der Waals surface area contributed by atoms with Crippen molar-refractivity contribution in [1.82, 2.24) is 10.2 Å². The topological polar surface area (TPSA) is 45.8 Å². The van der Waals surface area contributed by atoms with Gasteiger partial charge in [0, 0.05) is 16.5 Å². The maximum atomic E-state index is 12.8. The molecule has 2 rings (SSSR count). The number of nitrogens with one attached hydrogen (secondary N) is 1. The molecule has 1 aromatic heterocycles. The minimum Gasteiger partial charge on any atom is -0.302 e. The summed E-state index contributed by atoms with van der Waals surface area (Å²) in [6, 6.07) is 6.09. The van der Waals surface area contributed by atoms with Crippen molar-refractivity contribution >= 4 is 6.29 Å². The Morgan fingerprint density at radius 2 is 1.94 bits per heavy atom. The standard InChI is InChI=1S/C13H13FN2O/c1-13(2,8-17)11-7-15-16-12(11)9-3-5-10(14)6-4-9/h3-8H,1-2H3,(H,15,16). The van der Waals surface area contributed by atoms with E-state index in [4.69, 9.17) is 0 Å². The first kappa shape index (κ1) is 11.5. The van der Waals surface area contributed by atoms with Gasteiger partial charge in [0.1, 0.15) is 12.1 Å². The zero-order valence-electron chi connectivity index (χ0n) is 9.70. The Labute approximate surface area is 98.7 Å². The maximum Gasteiger partial charge on any atom is 0.130 e. The summed E-state index contributed by atoms with van der Waals surface area (Å²) in [5, 5.41) is 6.81. The molecule has 2 aromatic rings. The van der Waals surface area contributed by atoms with E-state index in [2.05, 4.69) is 10.2 Å². The number of aromatic nitrogens is 2. The Hall–Kier alpha value is -1.97. The molecule has 3 nitrogen and oxygen atoms in total. The fourth-order valence-electron chi connectivity index (χ4n) is 1.67. The minimum absolute atomic E-state index is 0.288. The molecule has 0 saturated heterocycles. The van der Waals surface area contributed by atoms with E-state index in [1.807, 2.05) is 13.8 Å². The second-order valence-electron chi connectivity index (χ2n) is 4.51. The van der Waals surface area contributed by atoms with Crippen LogP contribution in [0.1, 0.15) is 19.4 Å². The molecule has 0 aliphatic carbocycles. The number of hydrogen-bond acceptors (Lipinski definition) is 2. The maximum absolute atomic E-state index is 12.8. The molecule has 0 spiro atoms. The number of aromatic amines is 1. The summed E-state index contributed by atoms with van der Waals surface area (Å²) in [4.78, 5) is 11.1. The molecule has 0 aliphatic heterocycles. The molecule has 1 aromatic carbocycles. The van der Waals surface area contributed by atoms with Crippen LogP contribution >= 0.6 is 0 Å². The monoisotopic (exact) mass is 232 g/mol. The number of carbonyl (C=O) groups is 1. The van der Waals surface area contributed by atoms with E-state index in [1.165, 1.54) is 12.1 Å². The van der Waals surface area contributed by atoms with E-state index in [0.717, 1.165) is 23.1 Å². The van der Waals surface area contributed by atoms with Crippen molar-refractivity contribution in [1.29, 1.82) is 0 Å². The van der Waals surface area contributed by atoms with Gasteiger partial charge < -0.3 is 4.79 Å². The lowest BCUT2D eigenvalue weighted by Gasteiger charge is -2.16. The Kier molecular flexibility index (Phi) is 2.79. The first-order chi connectivity index (χ1) is 8.04. The van der Waals surface area contributed by atoms with Gasteiger partial charge in [-0.3, -0.25) is 5.10 Å². The lowest BCUT2D eigenvalue weighted by Crippen LogP contribution is -2.18. The molecule has 88 valence electrons. The van der Waals surface area contributed by atoms with Crippen LogP contribution in [0.25, 0.3) is 11.3 Å². The molecule has 1 heterocycles. The van der Waals surface area contributed by atoms with E-state index in [-0.39, 0.29) is 5.82 Å². The molecule has 17 heavy (non-hydrogen) atoms. The van der Waals surface area contributed by atoms with E-state index < -0.39 is 5.41 Å². The highest BCUT2D eigenvalue weighted by atomic mass is 19.1. The number of hydrogen-bond donors (Lipinski definition) is 1. The van der Waals surface area contributed by atoms with Gasteiger partial charge in [0.15, 0.2) is 0 Å². The number of benzene rings is 1. The highest BCUT2D eigenvalue weighted by Gasteiger charge is 2.25. The predicted molar refractivity (Wildman–Crippen MR) is 63.1 cm³/mol. The van der Waals surface area contributed by atoms with Gasteiger partial charge in [-0.2, -0.15) is 5.10 Å². The summed E-state index contributed by atoms with van der Waals surface area (Å²) in [7, 11) is 0. The van der Waals surface area contributed by atoms with E-state index in [9.17, 15) is 9.18 Å². The van der Waals surface area contributed by atoms with Crippen molar-refractivity contribution in [3.05, 3.63) is 41.8 Å². The first-order valence-electron chi connectivity index (χ1n) is 5.31. The van der Waals surface area contributed by atoms with Crippen molar-refractivity contribution in [3.63, 3.8) is 0 Å². The Bertz CT molecular complexity index is 529. The van der Waals surface area contributed by atoms with Gasteiger partial charge in [-0.15, -0.1) is 0 Å². The van der Waals surface area contributed by atoms with Crippen molar-refractivity contribution < 1.29 is 9.18 Å². The third kappa shape index (κ3) is 2.11. The van der Waals surface area contributed by atoms with Crippen molar-refractivity contribution in [3.8, 4) is 11.3 Å². The molecule has 0 radical (unpaired) electrons. The van der Waals surface area contributed by atoms with Crippen LogP contribution in [0.2, 0.25) is 0 Å². The molecule has 1 N–H and O–H groups in total. The zero-order chi connectivity index (χ0) is 12.5. The lowest BCUT2D eigenvalue weighted by atomic mass is 9.85. The minimum atomic E-state index is -0.614. The van der Waals surface area contributed by atoms with Crippen LogP contribution in [-0.4, -0.2) is 16.5 Å². The quantitative estimate of drug-likeness (QED) is 0.827. The average molecular weight is 232 g/mol. The van der Waals surface area contributed by atoms with Gasteiger partial charge in [-0.25, -0.2) is 4.39 Å². The number of H-pyrrole nitrogens is 1. The second-order valence-corrected chi connectivity index (χ2v) is 4.51. The number of rotatable bonds is 3. The fourth-order valence-corrected chi connectivity index (χ4v) is 1.67. The highest BCUT2D eigenvalue weighted by molar-refractivity contribution is 5.74. The van der Waals surface area contributed by atoms with E-state index >= 15 is 0 Å². The number of halogens is 1. The summed E-state index contributed by atoms with van der Waals surface area (Å²) >= 11 is 0. The summed E-state index contributed by atoms with van der Waals surface area (Å²) in [5.41, 5.74) is 1.76. The Morgan fingerprint density at radius 3 is 2.53 bits per heavy atom. The Morgan fingerprint density at radius 1 is 1.29 bits per heavy atom. The molecule has 0 atom stereocenters. The van der Waals surface area contributed by atoms with Crippen LogP contribution in [0, 0.1) is 5.82 Å². The van der Waals surface area contributed by atoms with Gasteiger partial charge in [0.25, 0.3) is 0 Å². The molecule has 4 heteroatoms. The summed E-state index contributed by atoms with van der Waals surface area (Å²) < 4.78 is 12.8. The third-order valence-electron chi connectivity index (χ3n) is 2.76. The van der Waals surface area contributed by atoms with Crippen molar-refractivity contribution in [2.75, 3.05) is 0 Å². The molecule has 0 fully saturated rings. The van der Waals surface area contributed by atoms with E-state index in [0.29, 0.717) is 0 Å². The summed E-state index contributed by atoms with van der Waals surface area (Å²) in [6.45, 7) is 3.63. The van der Waals surface area contributed by atoms with Gasteiger partial charge in [0.05, 0.1) is 11.9 Å². The SMILES string of the molecule is CC(C)(C=O)c1cn[nH]c1-c1ccc(F)cc1. The van der Waals surface area contributed by atoms with Gasteiger partial charge >= 0.3 is 0 Å². The first-order valence-corrected chi connectivity index (χ1v) is 5.31. The second kappa shape index (κ2) is 4.13. The van der Waals surface area contributed by atoms with Crippen LogP contribution in [0.3, 0.4) is 0 Å². The zero-order valence-corrected chi connectivity index (χ0v) is 9.70. The third-order valence-corrected chi connectivity index (χ3v) is 2.76. The molecule has 0 unspecified atom stereocenters. The molecular formula is C13H13FN2O. The average Bonchev–Trinajstić information content (AvgIpc) is 2.80. The molecule has 0 aliphatic rings. The molecular weight excluding hydrogens is 219 g/mol. The van der Waals surface area contributed by atoms with Crippen molar-refractivity contribution in [2.24, 2.45) is 0 Å². The van der Waals surface area contributed by atoms with Gasteiger partial charge in [0.2, 0.25) is 0 Å².